The van der Waals surface area contributed by atoms with Crippen molar-refractivity contribution in [2.75, 3.05) is 13.2 Å². The molecule has 1 aromatic carbocycles. The van der Waals surface area contributed by atoms with Crippen LogP contribution in [0.4, 0.5) is 0 Å². The second kappa shape index (κ2) is 4.58. The first-order valence-electron chi connectivity index (χ1n) is 5.76. The van der Waals surface area contributed by atoms with Crippen LogP contribution in [-0.2, 0) is 15.6 Å². The molecule has 1 aromatic heterocycles. The van der Waals surface area contributed by atoms with Crippen molar-refractivity contribution in [1.29, 1.82) is 0 Å². The predicted octanol–water partition coefficient (Wildman–Crippen LogP) is 1.15. The highest BCUT2D eigenvalue weighted by atomic mass is 32.2. The summed E-state index contributed by atoms with van der Waals surface area (Å²) in [6, 6.07) is 6.28. The predicted molar refractivity (Wildman–Crippen MR) is 66.9 cm³/mol. The van der Waals surface area contributed by atoms with Crippen LogP contribution in [0.1, 0.15) is 5.69 Å². The van der Waals surface area contributed by atoms with Gasteiger partial charge < -0.3 is 9.47 Å². The lowest BCUT2D eigenvalue weighted by molar-refractivity contribution is 0.171. The van der Waals surface area contributed by atoms with Crippen molar-refractivity contribution in [1.82, 2.24) is 10.2 Å². The Morgan fingerprint density at radius 2 is 1.95 bits per heavy atom. The lowest BCUT2D eigenvalue weighted by Crippen LogP contribution is -2.16. The van der Waals surface area contributed by atoms with E-state index >= 15 is 0 Å². The molecule has 19 heavy (non-hydrogen) atoms. The fourth-order valence-electron chi connectivity index (χ4n) is 1.87. The number of benzene rings is 1. The van der Waals surface area contributed by atoms with E-state index in [1.807, 2.05) is 0 Å². The third kappa shape index (κ3) is 2.41. The highest BCUT2D eigenvalue weighted by Crippen LogP contribution is 2.32. The lowest BCUT2D eigenvalue weighted by atomic mass is 10.3. The standard InChI is InChI=1S/C12H12N2O4S/c15-19(16,8-9-3-4-13-14-9)10-1-2-11-12(7-10)18-6-5-17-11/h1-4,7H,5-6,8H2,(H,13,14). The van der Waals surface area contributed by atoms with Crippen LogP contribution in [0.5, 0.6) is 11.5 Å². The summed E-state index contributed by atoms with van der Waals surface area (Å²) in [6.07, 6.45) is 1.52. The van der Waals surface area contributed by atoms with Gasteiger partial charge in [0.05, 0.1) is 16.3 Å². The lowest BCUT2D eigenvalue weighted by Gasteiger charge is -2.18. The van der Waals surface area contributed by atoms with Crippen molar-refractivity contribution in [3.05, 3.63) is 36.2 Å². The molecule has 0 amide bonds. The molecule has 0 fully saturated rings. The zero-order valence-corrected chi connectivity index (χ0v) is 10.8. The molecule has 6 nitrogen and oxygen atoms in total. The number of nitrogens with zero attached hydrogens (tertiary/aromatic N) is 1. The van der Waals surface area contributed by atoms with E-state index in [0.717, 1.165) is 0 Å². The molecule has 0 bridgehead atoms. The molecule has 0 saturated carbocycles. The van der Waals surface area contributed by atoms with E-state index in [-0.39, 0.29) is 10.6 Å². The van der Waals surface area contributed by atoms with E-state index < -0.39 is 9.84 Å². The van der Waals surface area contributed by atoms with Crippen LogP contribution in [0, 0.1) is 0 Å². The molecule has 0 atom stereocenters. The first kappa shape index (κ1) is 12.0. The molecule has 0 radical (unpaired) electrons. The zero-order chi connectivity index (χ0) is 13.3. The Hall–Kier alpha value is -2.02. The first-order valence-corrected chi connectivity index (χ1v) is 7.41. The van der Waals surface area contributed by atoms with Gasteiger partial charge in [0.15, 0.2) is 21.3 Å². The molecule has 0 spiro atoms. The number of hydrogen-bond donors (Lipinski definition) is 1. The van der Waals surface area contributed by atoms with Crippen LogP contribution in [0.2, 0.25) is 0 Å². The summed E-state index contributed by atoms with van der Waals surface area (Å²) in [5, 5.41) is 6.38. The van der Waals surface area contributed by atoms with E-state index in [2.05, 4.69) is 10.2 Å². The molecule has 1 N–H and O–H groups in total. The summed E-state index contributed by atoms with van der Waals surface area (Å²) < 4.78 is 35.2. The largest absolute Gasteiger partial charge is 0.486 e. The minimum atomic E-state index is -3.42. The highest BCUT2D eigenvalue weighted by molar-refractivity contribution is 7.90. The maximum atomic E-state index is 12.2. The van der Waals surface area contributed by atoms with Crippen molar-refractivity contribution in [2.24, 2.45) is 0 Å². The zero-order valence-electron chi connectivity index (χ0n) is 10.00. The van der Waals surface area contributed by atoms with Gasteiger partial charge in [0.1, 0.15) is 13.2 Å². The second-order valence-electron chi connectivity index (χ2n) is 4.15. The Morgan fingerprint density at radius 1 is 1.16 bits per heavy atom. The van der Waals surface area contributed by atoms with Gasteiger partial charge >= 0.3 is 0 Å². The summed E-state index contributed by atoms with van der Waals surface area (Å²) in [5.74, 6) is 0.927. The minimum absolute atomic E-state index is 0.118. The molecule has 0 aliphatic carbocycles. The highest BCUT2D eigenvalue weighted by Gasteiger charge is 2.20. The third-order valence-electron chi connectivity index (χ3n) is 2.78. The normalized spacial score (nSPS) is 14.3. The fourth-order valence-corrected chi connectivity index (χ4v) is 3.17. The summed E-state index contributed by atoms with van der Waals surface area (Å²) in [5.41, 5.74) is 0.551. The molecule has 100 valence electrons. The van der Waals surface area contributed by atoms with Crippen LogP contribution in [-0.4, -0.2) is 31.8 Å². The number of ether oxygens (including phenoxy) is 2. The Labute approximate surface area is 110 Å². The van der Waals surface area contributed by atoms with Crippen molar-refractivity contribution in [2.45, 2.75) is 10.6 Å². The van der Waals surface area contributed by atoms with E-state index in [1.54, 1.807) is 12.1 Å². The van der Waals surface area contributed by atoms with Gasteiger partial charge in [-0.15, -0.1) is 0 Å². The smallest absolute Gasteiger partial charge is 0.184 e. The van der Waals surface area contributed by atoms with Gasteiger partial charge in [-0.25, -0.2) is 8.42 Å². The van der Waals surface area contributed by atoms with Crippen LogP contribution in [0.15, 0.2) is 35.4 Å². The number of H-pyrrole nitrogens is 1. The van der Waals surface area contributed by atoms with Gasteiger partial charge in [0, 0.05) is 12.3 Å². The molecule has 0 saturated heterocycles. The summed E-state index contributed by atoms with van der Waals surface area (Å²) >= 11 is 0. The quantitative estimate of drug-likeness (QED) is 0.912. The third-order valence-corrected chi connectivity index (χ3v) is 4.44. The van der Waals surface area contributed by atoms with Crippen LogP contribution in [0.3, 0.4) is 0 Å². The van der Waals surface area contributed by atoms with E-state index in [1.165, 1.54) is 18.3 Å². The monoisotopic (exact) mass is 280 g/mol. The topological polar surface area (TPSA) is 81.3 Å². The molecule has 1 aliphatic rings. The number of aromatic nitrogens is 2. The molecule has 0 unspecified atom stereocenters. The van der Waals surface area contributed by atoms with Gasteiger partial charge in [-0.3, -0.25) is 5.10 Å². The molecule has 3 rings (SSSR count). The van der Waals surface area contributed by atoms with E-state index in [4.69, 9.17) is 9.47 Å². The van der Waals surface area contributed by atoms with Crippen LogP contribution >= 0.6 is 0 Å². The van der Waals surface area contributed by atoms with Crippen LogP contribution in [0.25, 0.3) is 0 Å². The molecule has 2 heterocycles. The van der Waals surface area contributed by atoms with Gasteiger partial charge in [-0.2, -0.15) is 5.10 Å². The molecule has 1 aliphatic heterocycles. The summed E-state index contributed by atoms with van der Waals surface area (Å²) in [4.78, 5) is 0.214. The average Bonchev–Trinajstić information content (AvgIpc) is 2.90. The number of nitrogens with one attached hydrogen (secondary N) is 1. The molecular formula is C12H12N2O4S. The number of aromatic amines is 1. The maximum Gasteiger partial charge on any atom is 0.184 e. The van der Waals surface area contributed by atoms with E-state index in [0.29, 0.717) is 30.4 Å². The van der Waals surface area contributed by atoms with Crippen molar-refractivity contribution in [3.63, 3.8) is 0 Å². The maximum absolute atomic E-state index is 12.2. The second-order valence-corrected chi connectivity index (χ2v) is 6.14. The molecule has 7 heteroatoms. The van der Waals surface area contributed by atoms with Crippen molar-refractivity contribution in [3.8, 4) is 11.5 Å². The Morgan fingerprint density at radius 3 is 2.68 bits per heavy atom. The SMILES string of the molecule is O=S(=O)(Cc1ccn[nH]1)c1ccc2c(c1)OCCO2. The summed E-state index contributed by atoms with van der Waals surface area (Å²) in [6.45, 7) is 0.907. The number of hydrogen-bond acceptors (Lipinski definition) is 5. The van der Waals surface area contributed by atoms with E-state index in [9.17, 15) is 8.42 Å². The Bertz CT molecular complexity index is 680. The van der Waals surface area contributed by atoms with Gasteiger partial charge in [-0.1, -0.05) is 0 Å². The fraction of sp³-hybridized carbons (Fsp3) is 0.250. The van der Waals surface area contributed by atoms with Gasteiger partial charge in [0.25, 0.3) is 0 Å². The first-order chi connectivity index (χ1) is 9.15. The number of sulfone groups is 1. The van der Waals surface area contributed by atoms with Gasteiger partial charge in [0.2, 0.25) is 0 Å². The average molecular weight is 280 g/mol. The summed E-state index contributed by atoms with van der Waals surface area (Å²) in [7, 11) is -3.42. The Kier molecular flexibility index (Phi) is 2.90. The van der Waals surface area contributed by atoms with Gasteiger partial charge in [-0.05, 0) is 18.2 Å². The van der Waals surface area contributed by atoms with Crippen molar-refractivity contribution < 1.29 is 17.9 Å². The molecule has 2 aromatic rings. The van der Waals surface area contributed by atoms with Crippen molar-refractivity contribution >= 4 is 9.84 Å². The molecular weight excluding hydrogens is 268 g/mol. The number of rotatable bonds is 3. The minimum Gasteiger partial charge on any atom is -0.486 e. The van der Waals surface area contributed by atoms with Crippen LogP contribution < -0.4 is 9.47 Å². The number of fused-ring (bicyclic) bond motifs is 1. The Balaban J connectivity index is 1.93.